The molecule has 0 aliphatic rings. The second kappa shape index (κ2) is 3.84. The number of furan rings is 1. The number of para-hydroxylation sites is 1. The number of hydrogen-bond acceptors (Lipinski definition) is 2. The van der Waals surface area contributed by atoms with Crippen LogP contribution in [-0.4, -0.2) is 4.98 Å². The molecule has 0 spiro atoms. The Kier molecular flexibility index (Phi) is 2.40. The number of pyridine rings is 1. The zero-order valence-electron chi connectivity index (χ0n) is 11.0. The van der Waals surface area contributed by atoms with Crippen molar-refractivity contribution < 1.29 is 4.42 Å². The van der Waals surface area contributed by atoms with Gasteiger partial charge in [-0.3, -0.25) is 0 Å². The summed E-state index contributed by atoms with van der Waals surface area (Å²) in [6.45, 7) is 6.65. The molecule has 3 rings (SSSR count). The van der Waals surface area contributed by atoms with Crippen LogP contribution in [0.5, 0.6) is 0 Å². The van der Waals surface area contributed by atoms with Crippen LogP contribution in [-0.2, 0) is 5.41 Å². The summed E-state index contributed by atoms with van der Waals surface area (Å²) in [6.07, 6.45) is 1.07. The first-order valence-corrected chi connectivity index (χ1v) is 6.40. The van der Waals surface area contributed by atoms with Crippen LogP contribution in [0.1, 0.15) is 32.9 Å². The average Bonchev–Trinajstić information content (AvgIpc) is 2.76. The lowest BCUT2D eigenvalue weighted by atomic mass is 9.86. The van der Waals surface area contributed by atoms with E-state index in [1.54, 1.807) is 0 Å². The molecule has 0 atom stereocenters. The van der Waals surface area contributed by atoms with Crippen molar-refractivity contribution in [3.63, 3.8) is 0 Å². The van der Waals surface area contributed by atoms with Gasteiger partial charge in [0.1, 0.15) is 11.1 Å². The number of hydrogen-bond donors (Lipinski definition) is 0. The summed E-state index contributed by atoms with van der Waals surface area (Å²) in [4.78, 5) is 4.81. The second-order valence-corrected chi connectivity index (χ2v) is 5.38. The molecule has 0 radical (unpaired) electrons. The monoisotopic (exact) mass is 239 g/mol. The normalized spacial score (nSPS) is 12.4. The molecule has 0 amide bonds. The molecule has 2 heteroatoms. The van der Waals surface area contributed by atoms with Crippen molar-refractivity contribution in [2.45, 2.75) is 32.6 Å². The van der Waals surface area contributed by atoms with E-state index in [2.05, 4.69) is 32.9 Å². The van der Waals surface area contributed by atoms with Gasteiger partial charge in [-0.05, 0) is 30.7 Å². The van der Waals surface area contributed by atoms with Gasteiger partial charge in [0.2, 0.25) is 0 Å². The fraction of sp³-hybridized carbons (Fsp3) is 0.312. The molecule has 92 valence electrons. The largest absolute Gasteiger partial charge is 0.454 e. The Balaban J connectivity index is 2.31. The van der Waals surface area contributed by atoms with Crippen LogP contribution < -0.4 is 0 Å². The molecule has 0 bridgehead atoms. The fourth-order valence-corrected chi connectivity index (χ4v) is 2.15. The van der Waals surface area contributed by atoms with Gasteiger partial charge >= 0.3 is 0 Å². The number of rotatable bonds is 2. The van der Waals surface area contributed by atoms with Gasteiger partial charge in [-0.25, -0.2) is 4.98 Å². The van der Waals surface area contributed by atoms with Gasteiger partial charge in [0.05, 0.1) is 0 Å². The van der Waals surface area contributed by atoms with Gasteiger partial charge in [-0.2, -0.15) is 0 Å². The molecule has 0 aliphatic carbocycles. The van der Waals surface area contributed by atoms with Gasteiger partial charge in [0, 0.05) is 16.5 Å². The van der Waals surface area contributed by atoms with Gasteiger partial charge in [0.25, 0.3) is 0 Å². The molecular formula is C16H17NO. The standard InChI is InChI=1S/C16H17NO/c1-4-16(2,3)14-10-9-13-15(17-14)11-7-5-6-8-12(11)18-13/h5-10H,4H2,1-3H3. The molecule has 18 heavy (non-hydrogen) atoms. The number of aromatic nitrogens is 1. The molecule has 0 saturated carbocycles. The number of nitrogens with zero attached hydrogens (tertiary/aromatic N) is 1. The minimum absolute atomic E-state index is 0.104. The van der Waals surface area contributed by atoms with Crippen LogP contribution in [0.25, 0.3) is 22.1 Å². The van der Waals surface area contributed by atoms with E-state index in [1.807, 2.05) is 24.3 Å². The lowest BCUT2D eigenvalue weighted by molar-refractivity contribution is 0.492. The maximum atomic E-state index is 5.79. The topological polar surface area (TPSA) is 26.0 Å². The second-order valence-electron chi connectivity index (χ2n) is 5.38. The number of benzene rings is 1. The van der Waals surface area contributed by atoms with Crippen molar-refractivity contribution in [1.82, 2.24) is 4.98 Å². The average molecular weight is 239 g/mol. The molecule has 0 fully saturated rings. The van der Waals surface area contributed by atoms with Crippen molar-refractivity contribution in [2.24, 2.45) is 0 Å². The highest BCUT2D eigenvalue weighted by Gasteiger charge is 2.21. The molecule has 2 heterocycles. The summed E-state index contributed by atoms with van der Waals surface area (Å²) in [7, 11) is 0. The van der Waals surface area contributed by atoms with Crippen LogP contribution in [0, 0.1) is 0 Å². The smallest absolute Gasteiger partial charge is 0.153 e. The maximum Gasteiger partial charge on any atom is 0.153 e. The van der Waals surface area contributed by atoms with E-state index in [0.717, 1.165) is 34.2 Å². The van der Waals surface area contributed by atoms with Gasteiger partial charge < -0.3 is 4.42 Å². The lowest BCUT2D eigenvalue weighted by Gasteiger charge is -2.21. The predicted octanol–water partition coefficient (Wildman–Crippen LogP) is 4.67. The van der Waals surface area contributed by atoms with Crippen molar-refractivity contribution in [3.8, 4) is 0 Å². The Hall–Kier alpha value is -1.83. The van der Waals surface area contributed by atoms with Crippen LogP contribution in [0.2, 0.25) is 0 Å². The summed E-state index contributed by atoms with van der Waals surface area (Å²) >= 11 is 0. The molecule has 3 aromatic rings. The van der Waals surface area contributed by atoms with Crippen molar-refractivity contribution in [1.29, 1.82) is 0 Å². The van der Waals surface area contributed by atoms with E-state index in [4.69, 9.17) is 9.40 Å². The van der Waals surface area contributed by atoms with Crippen molar-refractivity contribution in [2.75, 3.05) is 0 Å². The minimum Gasteiger partial charge on any atom is -0.454 e. The van der Waals surface area contributed by atoms with E-state index in [9.17, 15) is 0 Å². The Morgan fingerprint density at radius 3 is 2.61 bits per heavy atom. The SMILES string of the molecule is CCC(C)(C)c1ccc2oc3ccccc3c2n1. The molecular weight excluding hydrogens is 222 g/mol. The molecule has 2 aromatic heterocycles. The van der Waals surface area contributed by atoms with Crippen LogP contribution >= 0.6 is 0 Å². The first-order chi connectivity index (χ1) is 8.62. The van der Waals surface area contributed by atoms with Crippen LogP contribution in [0.4, 0.5) is 0 Å². The molecule has 0 unspecified atom stereocenters. The number of fused-ring (bicyclic) bond motifs is 3. The fourth-order valence-electron chi connectivity index (χ4n) is 2.15. The summed E-state index contributed by atoms with van der Waals surface area (Å²) in [5.74, 6) is 0. The summed E-state index contributed by atoms with van der Waals surface area (Å²) in [5, 5.41) is 1.10. The lowest BCUT2D eigenvalue weighted by Crippen LogP contribution is -2.17. The summed E-state index contributed by atoms with van der Waals surface area (Å²) in [6, 6.07) is 12.2. The quantitative estimate of drug-likeness (QED) is 0.649. The zero-order valence-corrected chi connectivity index (χ0v) is 11.0. The summed E-state index contributed by atoms with van der Waals surface area (Å²) < 4.78 is 5.79. The molecule has 2 nitrogen and oxygen atoms in total. The molecule has 0 aliphatic heterocycles. The van der Waals surface area contributed by atoms with Crippen molar-refractivity contribution in [3.05, 3.63) is 42.1 Å². The highest BCUT2D eigenvalue weighted by atomic mass is 16.3. The highest BCUT2D eigenvalue weighted by molar-refractivity contribution is 6.02. The highest BCUT2D eigenvalue weighted by Crippen LogP contribution is 2.31. The van der Waals surface area contributed by atoms with Gasteiger partial charge in [-0.1, -0.05) is 32.9 Å². The first kappa shape index (κ1) is 11.3. The Labute approximate surface area is 107 Å². The maximum absolute atomic E-state index is 5.79. The molecule has 0 N–H and O–H groups in total. The van der Waals surface area contributed by atoms with E-state index in [1.165, 1.54) is 0 Å². The Bertz CT molecular complexity index is 709. The predicted molar refractivity (Wildman–Crippen MR) is 74.8 cm³/mol. The molecule has 1 aromatic carbocycles. The zero-order chi connectivity index (χ0) is 12.8. The van der Waals surface area contributed by atoms with Crippen LogP contribution in [0.15, 0.2) is 40.8 Å². The third-order valence-corrected chi connectivity index (χ3v) is 3.80. The summed E-state index contributed by atoms with van der Waals surface area (Å²) in [5.41, 5.74) is 3.99. The minimum atomic E-state index is 0.104. The first-order valence-electron chi connectivity index (χ1n) is 6.40. The van der Waals surface area contributed by atoms with Gasteiger partial charge in [0.15, 0.2) is 5.58 Å². The van der Waals surface area contributed by atoms with Crippen LogP contribution in [0.3, 0.4) is 0 Å². The third-order valence-electron chi connectivity index (χ3n) is 3.80. The Morgan fingerprint density at radius 2 is 1.83 bits per heavy atom. The van der Waals surface area contributed by atoms with Crippen molar-refractivity contribution >= 4 is 22.1 Å². The third kappa shape index (κ3) is 1.60. The van der Waals surface area contributed by atoms with E-state index in [-0.39, 0.29) is 5.41 Å². The van der Waals surface area contributed by atoms with E-state index in [0.29, 0.717) is 0 Å². The van der Waals surface area contributed by atoms with Gasteiger partial charge in [-0.15, -0.1) is 0 Å². The molecule has 0 saturated heterocycles. The van der Waals surface area contributed by atoms with E-state index >= 15 is 0 Å². The van der Waals surface area contributed by atoms with E-state index < -0.39 is 0 Å². The Morgan fingerprint density at radius 1 is 1.06 bits per heavy atom.